The molecule has 0 aliphatic heterocycles. The van der Waals surface area contributed by atoms with E-state index in [-0.39, 0.29) is 27.8 Å². The molecule has 4 aromatic rings. The second-order valence-electron chi connectivity index (χ2n) is 16.4. The molecule has 0 unspecified atom stereocenters. The number of nitrogens with zero attached hydrogens (tertiary/aromatic N) is 5. The minimum atomic E-state index is -0.455. The maximum absolute atomic E-state index is 12.6. The van der Waals surface area contributed by atoms with Gasteiger partial charge in [0.05, 0.1) is 24.6 Å². The highest BCUT2D eigenvalue weighted by atomic mass is 35.5. The van der Waals surface area contributed by atoms with Gasteiger partial charge in [0, 0.05) is 29.0 Å². The van der Waals surface area contributed by atoms with Crippen molar-refractivity contribution in [1.29, 1.82) is 0 Å². The highest BCUT2D eigenvalue weighted by Crippen LogP contribution is 2.61. The van der Waals surface area contributed by atoms with Crippen LogP contribution in [0.3, 0.4) is 0 Å². The number of nitrogens with one attached hydrogen (secondary N) is 1. The second-order valence-corrected chi connectivity index (χ2v) is 16.8. The molecule has 0 atom stereocenters. The lowest BCUT2D eigenvalue weighted by Crippen LogP contribution is -2.49. The van der Waals surface area contributed by atoms with Gasteiger partial charge in [-0.2, -0.15) is 5.10 Å². The standard InChI is InChI=1S/C19H22ClN3O2.C19H23N3O3/c1-2-25-18(24)14-6-17-21-15(7-16(20)23(17)22-14)19-8-11-3-12(9-19)5-13(4-11)10-19;1-2-25-18(24)14-6-16-20-15(7-17(23)22(16)21-14)19-8-11-3-12(9-19)5-13(4-11)10-19/h6-7,11-13H,2-5,8-10H2,1H3;6-7,11-13,21H,2-5,8-10H2,1H3. The summed E-state index contributed by atoms with van der Waals surface area (Å²) in [5.41, 5.74) is 3.82. The molecule has 1 N–H and O–H groups in total. The third kappa shape index (κ3) is 5.37. The van der Waals surface area contributed by atoms with Crippen molar-refractivity contribution in [3.63, 3.8) is 0 Å². The van der Waals surface area contributed by atoms with Crippen molar-refractivity contribution in [2.75, 3.05) is 13.2 Å². The molecule has 12 rings (SSSR count). The Labute approximate surface area is 295 Å². The fourth-order valence-electron chi connectivity index (χ4n) is 11.9. The molecule has 8 aliphatic rings. The average molecular weight is 701 g/mol. The van der Waals surface area contributed by atoms with E-state index in [4.69, 9.17) is 31.0 Å². The summed E-state index contributed by atoms with van der Waals surface area (Å²) >= 11 is 6.51. The number of hydrogen-bond donors (Lipinski definition) is 1. The van der Waals surface area contributed by atoms with Crippen LogP contribution in [0, 0.1) is 35.5 Å². The Morgan fingerprint density at radius 1 is 0.740 bits per heavy atom. The molecule has 0 spiro atoms. The van der Waals surface area contributed by atoms with Crippen molar-refractivity contribution in [2.45, 2.75) is 102 Å². The topological polar surface area (TPSA) is 133 Å². The van der Waals surface area contributed by atoms with Crippen LogP contribution in [0.1, 0.15) is 123 Å². The van der Waals surface area contributed by atoms with Crippen molar-refractivity contribution < 1.29 is 19.1 Å². The Kier molecular flexibility index (Phi) is 7.68. The number of halogens is 1. The van der Waals surface area contributed by atoms with Gasteiger partial charge in [0.25, 0.3) is 5.56 Å². The Morgan fingerprint density at radius 2 is 1.22 bits per heavy atom. The predicted octanol–water partition coefficient (Wildman–Crippen LogP) is 6.69. The molecule has 12 heteroatoms. The van der Waals surface area contributed by atoms with E-state index in [1.807, 2.05) is 6.07 Å². The van der Waals surface area contributed by atoms with Crippen molar-refractivity contribution in [1.82, 2.24) is 29.2 Å². The number of aromatic nitrogens is 6. The first kappa shape index (κ1) is 32.2. The number of rotatable bonds is 6. The van der Waals surface area contributed by atoms with E-state index < -0.39 is 11.9 Å². The molecular formula is C38H45ClN6O5. The van der Waals surface area contributed by atoms with E-state index in [1.54, 1.807) is 32.0 Å². The molecule has 0 saturated heterocycles. The van der Waals surface area contributed by atoms with E-state index in [0.29, 0.717) is 29.7 Å². The molecule has 0 aromatic carbocycles. The van der Waals surface area contributed by atoms with Crippen LogP contribution in [-0.4, -0.2) is 54.3 Å². The molecular weight excluding hydrogens is 656 g/mol. The van der Waals surface area contributed by atoms with Crippen LogP contribution in [0.2, 0.25) is 5.15 Å². The van der Waals surface area contributed by atoms with E-state index in [9.17, 15) is 14.4 Å². The van der Waals surface area contributed by atoms with Gasteiger partial charge in [-0.15, -0.1) is 0 Å². The maximum atomic E-state index is 12.6. The van der Waals surface area contributed by atoms with Gasteiger partial charge in [-0.1, -0.05) is 11.6 Å². The fraction of sp³-hybridized carbons (Fsp3) is 0.632. The van der Waals surface area contributed by atoms with E-state index in [1.165, 1.54) is 66.8 Å². The van der Waals surface area contributed by atoms with Crippen molar-refractivity contribution >= 4 is 34.8 Å². The van der Waals surface area contributed by atoms with Crippen molar-refractivity contribution in [3.8, 4) is 0 Å². The largest absolute Gasteiger partial charge is 0.461 e. The predicted molar refractivity (Wildman–Crippen MR) is 185 cm³/mol. The monoisotopic (exact) mass is 700 g/mol. The third-order valence-electron chi connectivity index (χ3n) is 13.0. The number of aromatic amines is 1. The van der Waals surface area contributed by atoms with Crippen LogP contribution in [0.25, 0.3) is 11.3 Å². The lowest BCUT2D eigenvalue weighted by Gasteiger charge is -2.56. The lowest BCUT2D eigenvalue weighted by atomic mass is 9.49. The number of carbonyl (C=O) groups is 2. The average Bonchev–Trinajstić information content (AvgIpc) is 3.70. The zero-order valence-electron chi connectivity index (χ0n) is 28.8. The quantitative estimate of drug-likeness (QED) is 0.174. The summed E-state index contributed by atoms with van der Waals surface area (Å²) in [6.45, 7) is 4.17. The van der Waals surface area contributed by atoms with Crippen LogP contribution < -0.4 is 5.56 Å². The van der Waals surface area contributed by atoms with Crippen LogP contribution in [-0.2, 0) is 20.3 Å². The van der Waals surface area contributed by atoms with Gasteiger partial charge in [-0.25, -0.2) is 28.6 Å². The second kappa shape index (κ2) is 11.9. The Bertz CT molecular complexity index is 1990. The fourth-order valence-corrected chi connectivity index (χ4v) is 12.2. The molecule has 4 aromatic heterocycles. The van der Waals surface area contributed by atoms with Gasteiger partial charge in [-0.05, 0) is 132 Å². The van der Waals surface area contributed by atoms with Gasteiger partial charge in [0.2, 0.25) is 0 Å². The first-order valence-electron chi connectivity index (χ1n) is 18.7. The minimum absolute atomic E-state index is 0.0734. The van der Waals surface area contributed by atoms with Crippen molar-refractivity contribution in [2.24, 2.45) is 35.5 Å². The molecule has 8 saturated carbocycles. The molecule has 264 valence electrons. The molecule has 0 radical (unpaired) electrons. The maximum Gasteiger partial charge on any atom is 0.358 e. The highest BCUT2D eigenvalue weighted by Gasteiger charge is 2.53. The summed E-state index contributed by atoms with van der Waals surface area (Å²) in [6.07, 6.45) is 15.5. The first-order chi connectivity index (χ1) is 24.1. The van der Waals surface area contributed by atoms with Crippen LogP contribution in [0.5, 0.6) is 0 Å². The summed E-state index contributed by atoms with van der Waals surface area (Å²) < 4.78 is 12.9. The first-order valence-corrected chi connectivity index (χ1v) is 19.0. The molecule has 8 bridgehead atoms. The smallest absolute Gasteiger partial charge is 0.358 e. The van der Waals surface area contributed by atoms with Gasteiger partial charge >= 0.3 is 11.9 Å². The Morgan fingerprint density at radius 3 is 1.74 bits per heavy atom. The zero-order chi connectivity index (χ0) is 34.4. The third-order valence-corrected chi connectivity index (χ3v) is 13.2. The highest BCUT2D eigenvalue weighted by molar-refractivity contribution is 6.29. The van der Waals surface area contributed by atoms with Crippen LogP contribution in [0.4, 0.5) is 0 Å². The van der Waals surface area contributed by atoms with E-state index in [2.05, 4.69) is 10.2 Å². The molecule has 8 fully saturated rings. The molecule has 4 heterocycles. The number of esters is 2. The molecule has 0 amide bonds. The summed E-state index contributed by atoms with van der Waals surface area (Å²) in [4.78, 5) is 46.2. The van der Waals surface area contributed by atoms with Gasteiger partial charge in [-0.3, -0.25) is 9.89 Å². The summed E-state index contributed by atoms with van der Waals surface area (Å²) in [5, 5.41) is 7.60. The number of H-pyrrole nitrogens is 1. The SMILES string of the molecule is CCOC(=O)c1cc2nc(C34CC5CC(CC(C5)C3)C4)cc(=O)n2[nH]1.CCOC(=O)c1cc2nc(C34CC5CC(CC(C5)C3)C4)cc(Cl)n2n1. The van der Waals surface area contributed by atoms with E-state index >= 15 is 0 Å². The number of hydrogen-bond acceptors (Lipinski definition) is 8. The van der Waals surface area contributed by atoms with Gasteiger partial charge in [0.1, 0.15) is 10.8 Å². The zero-order valence-corrected chi connectivity index (χ0v) is 29.6. The summed E-state index contributed by atoms with van der Waals surface area (Å²) in [5.74, 6) is 4.06. The molecule has 11 nitrogen and oxygen atoms in total. The number of ether oxygens (including phenoxy) is 2. The number of carbonyl (C=O) groups excluding carboxylic acids is 2. The van der Waals surface area contributed by atoms with E-state index in [0.717, 1.165) is 66.2 Å². The molecule has 8 aliphatic carbocycles. The van der Waals surface area contributed by atoms with Gasteiger partial charge < -0.3 is 9.47 Å². The molecule has 50 heavy (non-hydrogen) atoms. The Balaban J connectivity index is 0.000000135. The minimum Gasteiger partial charge on any atom is -0.461 e. The van der Waals surface area contributed by atoms with Crippen LogP contribution >= 0.6 is 11.6 Å². The Hall–Kier alpha value is -3.73. The normalized spacial score (nSPS) is 33.1. The van der Waals surface area contributed by atoms with Crippen LogP contribution in [0.15, 0.2) is 29.1 Å². The lowest BCUT2D eigenvalue weighted by molar-refractivity contribution is -0.00727. The summed E-state index contributed by atoms with van der Waals surface area (Å²) in [6, 6.07) is 6.98. The number of fused-ring (bicyclic) bond motifs is 2. The summed E-state index contributed by atoms with van der Waals surface area (Å²) in [7, 11) is 0. The van der Waals surface area contributed by atoms with Gasteiger partial charge in [0.15, 0.2) is 17.0 Å². The van der Waals surface area contributed by atoms with Crippen molar-refractivity contribution in [3.05, 3.63) is 62.5 Å².